The van der Waals surface area contributed by atoms with Crippen molar-refractivity contribution in [2.45, 2.75) is 102 Å². The zero-order valence-corrected chi connectivity index (χ0v) is 27.7. The molecule has 0 aromatic heterocycles. The van der Waals surface area contributed by atoms with Crippen molar-refractivity contribution in [2.24, 2.45) is 0 Å². The monoisotopic (exact) mass is 641 g/mol. The summed E-state index contributed by atoms with van der Waals surface area (Å²) < 4.78 is 19.3. The quantitative estimate of drug-likeness (QED) is 0.124. The van der Waals surface area contributed by atoms with Crippen molar-refractivity contribution in [3.63, 3.8) is 0 Å². The fraction of sp³-hybridized carbons (Fsp3) is 0.600. The highest BCUT2D eigenvalue weighted by Gasteiger charge is 2.52. The van der Waals surface area contributed by atoms with Gasteiger partial charge >= 0.3 is 5.97 Å². The van der Waals surface area contributed by atoms with Gasteiger partial charge in [-0.25, -0.2) is 4.79 Å². The first kappa shape index (κ1) is 36.9. The summed E-state index contributed by atoms with van der Waals surface area (Å²) >= 11 is 0. The summed E-state index contributed by atoms with van der Waals surface area (Å²) in [5.41, 5.74) is 1.49. The smallest absolute Gasteiger partial charge is 0.338 e. The van der Waals surface area contributed by atoms with E-state index in [1.54, 1.807) is 50.5 Å². The number of unbranched alkanes of at least 4 members (excludes halogenated alkanes) is 4. The molecule has 1 fully saturated rings. The number of rotatable bonds is 18. The van der Waals surface area contributed by atoms with Gasteiger partial charge in [-0.05, 0) is 42.7 Å². The van der Waals surface area contributed by atoms with E-state index >= 15 is 0 Å². The van der Waals surface area contributed by atoms with Crippen molar-refractivity contribution in [3.05, 3.63) is 53.1 Å². The van der Waals surface area contributed by atoms with E-state index in [1.807, 2.05) is 0 Å². The number of carbonyl (C=O) groups is 4. The normalized spacial score (nSPS) is 20.1. The summed E-state index contributed by atoms with van der Waals surface area (Å²) in [6.07, 6.45) is 10.7. The Morgan fingerprint density at radius 1 is 0.978 bits per heavy atom. The predicted molar refractivity (Wildman–Crippen MR) is 175 cm³/mol. The first-order chi connectivity index (χ1) is 22.1. The Hall–Kier alpha value is -3.54. The lowest BCUT2D eigenvalue weighted by atomic mass is 9.91. The van der Waals surface area contributed by atoms with E-state index in [1.165, 1.54) is 11.0 Å². The van der Waals surface area contributed by atoms with Crippen LogP contribution in [0.5, 0.6) is 0 Å². The molecule has 11 nitrogen and oxygen atoms in total. The van der Waals surface area contributed by atoms with Gasteiger partial charge in [-0.2, -0.15) is 0 Å². The molecule has 11 heteroatoms. The lowest BCUT2D eigenvalue weighted by Crippen LogP contribution is -2.44. The second-order valence-electron chi connectivity index (χ2n) is 12.1. The molecule has 2 aliphatic rings. The molecule has 0 unspecified atom stereocenters. The third-order valence-electron chi connectivity index (χ3n) is 8.13. The molecule has 3 rings (SSSR count). The second kappa shape index (κ2) is 18.6. The zero-order valence-electron chi connectivity index (χ0n) is 27.7. The van der Waals surface area contributed by atoms with Gasteiger partial charge in [-0.1, -0.05) is 51.7 Å². The predicted octanol–water partition coefficient (Wildman–Crippen LogP) is 3.90. The molecule has 1 aromatic rings. The molecule has 0 spiro atoms. The van der Waals surface area contributed by atoms with Gasteiger partial charge in [0.05, 0.1) is 12.2 Å². The minimum atomic E-state index is -0.824. The summed E-state index contributed by atoms with van der Waals surface area (Å²) in [6.45, 7) is 4.39. The van der Waals surface area contributed by atoms with E-state index in [0.717, 1.165) is 44.1 Å². The average molecular weight is 642 g/mol. The first-order valence-electron chi connectivity index (χ1n) is 16.5. The number of carbonyl (C=O) groups excluding carboxylic acids is 4. The lowest BCUT2D eigenvalue weighted by Gasteiger charge is -2.31. The lowest BCUT2D eigenvalue weighted by molar-refractivity contribution is -0.190. The number of nitrogens with zero attached hydrogens (tertiary/aromatic N) is 1. The van der Waals surface area contributed by atoms with Crippen LogP contribution in [0, 0.1) is 0 Å². The van der Waals surface area contributed by atoms with Crippen molar-refractivity contribution in [1.82, 2.24) is 15.5 Å². The highest BCUT2D eigenvalue weighted by atomic mass is 16.8. The Morgan fingerprint density at radius 2 is 1.65 bits per heavy atom. The molecular formula is C35H51N3O8. The van der Waals surface area contributed by atoms with E-state index in [0.29, 0.717) is 24.0 Å². The minimum absolute atomic E-state index is 0.0650. The molecule has 46 heavy (non-hydrogen) atoms. The number of nitrogens with one attached hydrogen (secondary N) is 2. The molecule has 1 heterocycles. The van der Waals surface area contributed by atoms with E-state index in [2.05, 4.69) is 24.5 Å². The van der Waals surface area contributed by atoms with E-state index < -0.39 is 30.1 Å². The van der Waals surface area contributed by atoms with E-state index in [4.69, 9.17) is 19.3 Å². The van der Waals surface area contributed by atoms with Crippen LogP contribution < -0.4 is 10.6 Å². The molecule has 3 N–H and O–H groups in total. The van der Waals surface area contributed by atoms with Gasteiger partial charge in [0.2, 0.25) is 17.7 Å². The third-order valence-corrected chi connectivity index (χ3v) is 8.13. The van der Waals surface area contributed by atoms with Crippen LogP contribution in [0.25, 0.3) is 6.08 Å². The van der Waals surface area contributed by atoms with Crippen LogP contribution in [0.15, 0.2) is 42.0 Å². The number of hydrogen-bond donors (Lipinski definition) is 3. The summed E-state index contributed by atoms with van der Waals surface area (Å²) in [4.78, 5) is 51.9. The van der Waals surface area contributed by atoms with Gasteiger partial charge in [0.1, 0.15) is 18.3 Å². The zero-order chi connectivity index (χ0) is 33.5. The number of fused-ring (bicyclic) bond motifs is 1. The van der Waals surface area contributed by atoms with Crippen molar-refractivity contribution < 1.29 is 38.5 Å². The number of ether oxygens (including phenoxy) is 3. The molecule has 0 bridgehead atoms. The van der Waals surface area contributed by atoms with Crippen molar-refractivity contribution >= 4 is 29.8 Å². The van der Waals surface area contributed by atoms with Gasteiger partial charge in [-0.15, -0.1) is 0 Å². The highest BCUT2D eigenvalue weighted by molar-refractivity contribution is 5.95. The van der Waals surface area contributed by atoms with Gasteiger partial charge in [0, 0.05) is 64.5 Å². The Balaban J connectivity index is 1.78. The van der Waals surface area contributed by atoms with Crippen LogP contribution in [0.3, 0.4) is 0 Å². The van der Waals surface area contributed by atoms with Crippen LogP contribution in [-0.2, 0) is 28.6 Å². The minimum Gasteiger partial charge on any atom is -0.456 e. The van der Waals surface area contributed by atoms with Crippen LogP contribution in [-0.4, -0.2) is 91.6 Å². The second-order valence-corrected chi connectivity index (χ2v) is 12.1. The van der Waals surface area contributed by atoms with Crippen LogP contribution >= 0.6 is 0 Å². The van der Waals surface area contributed by atoms with Gasteiger partial charge in [0.25, 0.3) is 0 Å². The SMILES string of the molecule is CCCCCC1(CCCCC)O[C@@H]2[C@@H](C=C(C(=O)NCCC(=O)NCCO)C[C@H]2OC(=O)c2ccc(C=CC(=O)N(C)C)cc2)O1. The standard InChI is InChI=1S/C35H51N3O8/c1-5-7-9-18-35(19-10-8-6-2)45-29-24-27(33(42)37-20-17-30(40)36-21-22-39)23-28(32(29)46-35)44-34(43)26-14-11-25(12-15-26)13-16-31(41)38(3)4/h11-16,24,28-29,32,39H,5-10,17-23H2,1-4H3,(H,36,40)(H,37,42)/t28-,29-,32+/m1/s1. The number of amides is 3. The van der Waals surface area contributed by atoms with Gasteiger partial charge in [0.15, 0.2) is 5.79 Å². The Kier molecular flexibility index (Phi) is 14.9. The molecule has 3 atom stereocenters. The van der Waals surface area contributed by atoms with E-state index in [-0.39, 0.29) is 50.3 Å². The third kappa shape index (κ3) is 11.1. The molecule has 0 saturated carbocycles. The summed E-state index contributed by atoms with van der Waals surface area (Å²) in [5, 5.41) is 14.2. The number of hydrogen-bond acceptors (Lipinski definition) is 8. The Bertz CT molecular complexity index is 1220. The maximum Gasteiger partial charge on any atom is 0.338 e. The number of benzene rings is 1. The molecule has 0 radical (unpaired) electrons. The average Bonchev–Trinajstić information content (AvgIpc) is 3.41. The molecule has 254 valence electrons. The number of aliphatic hydroxyl groups is 1. The molecule has 1 aliphatic heterocycles. The maximum absolute atomic E-state index is 13.4. The highest BCUT2D eigenvalue weighted by Crippen LogP contribution is 2.43. The van der Waals surface area contributed by atoms with Crippen molar-refractivity contribution in [2.75, 3.05) is 33.8 Å². The molecule has 1 aromatic carbocycles. The Morgan fingerprint density at radius 3 is 2.26 bits per heavy atom. The molecule has 1 saturated heterocycles. The largest absolute Gasteiger partial charge is 0.456 e. The van der Waals surface area contributed by atoms with E-state index in [9.17, 15) is 19.2 Å². The number of likely N-dealkylation sites (N-methyl/N-ethyl adjacent to an activating group) is 1. The topological polar surface area (TPSA) is 144 Å². The number of esters is 1. The molecular weight excluding hydrogens is 590 g/mol. The van der Waals surface area contributed by atoms with Crippen LogP contribution in [0.4, 0.5) is 0 Å². The van der Waals surface area contributed by atoms with Crippen LogP contribution in [0.1, 0.15) is 94.0 Å². The summed E-state index contributed by atoms with van der Waals surface area (Å²) in [7, 11) is 3.34. The fourth-order valence-electron chi connectivity index (χ4n) is 5.54. The first-order valence-corrected chi connectivity index (χ1v) is 16.5. The van der Waals surface area contributed by atoms with Crippen LogP contribution in [0.2, 0.25) is 0 Å². The maximum atomic E-state index is 13.4. The van der Waals surface area contributed by atoms with Crippen molar-refractivity contribution in [3.8, 4) is 0 Å². The molecule has 1 aliphatic carbocycles. The Labute approximate surface area is 272 Å². The fourth-order valence-corrected chi connectivity index (χ4v) is 5.54. The van der Waals surface area contributed by atoms with Crippen molar-refractivity contribution in [1.29, 1.82) is 0 Å². The van der Waals surface area contributed by atoms with Gasteiger partial charge < -0.3 is 34.9 Å². The van der Waals surface area contributed by atoms with Gasteiger partial charge in [-0.3, -0.25) is 14.4 Å². The molecule has 3 amide bonds. The summed E-state index contributed by atoms with van der Waals surface area (Å²) in [6, 6.07) is 6.74. The number of aliphatic hydroxyl groups excluding tert-OH is 1. The summed E-state index contributed by atoms with van der Waals surface area (Å²) in [5.74, 6) is -2.16.